The standard InChI is InChI=1S/C14H33NO4Si5/c1-21(2,3)17-22(4,5)18-23(6,7)19-24(8,16-20)14-11-9-13(15)10-12-14/h9-12H,15H2,1-8,20H3. The summed E-state index contributed by atoms with van der Waals surface area (Å²) < 4.78 is 25.3. The molecule has 1 atom stereocenters. The van der Waals surface area contributed by atoms with Gasteiger partial charge in [-0.3, -0.25) is 0 Å². The molecule has 0 fully saturated rings. The molecule has 0 aliphatic heterocycles. The highest BCUT2D eigenvalue weighted by atomic mass is 28.5. The minimum Gasteiger partial charge on any atom is -0.442 e. The van der Waals surface area contributed by atoms with Gasteiger partial charge in [0.25, 0.3) is 0 Å². The topological polar surface area (TPSA) is 62.9 Å². The van der Waals surface area contributed by atoms with E-state index in [0.717, 1.165) is 10.9 Å². The number of hydrogen-bond acceptors (Lipinski definition) is 5. The number of nitrogen functional groups attached to an aromatic ring is 1. The maximum Gasteiger partial charge on any atom is 0.349 e. The van der Waals surface area contributed by atoms with Crippen LogP contribution in [0.1, 0.15) is 0 Å². The van der Waals surface area contributed by atoms with E-state index in [9.17, 15) is 0 Å². The number of nitrogens with two attached hydrogens (primary N) is 1. The van der Waals surface area contributed by atoms with E-state index < -0.39 is 34.0 Å². The predicted molar refractivity (Wildman–Crippen MR) is 115 cm³/mol. The third-order valence-corrected chi connectivity index (χ3v) is 19.7. The molecule has 0 heterocycles. The molecule has 0 saturated heterocycles. The number of anilines is 1. The third kappa shape index (κ3) is 7.05. The molecule has 0 aromatic heterocycles. The fraction of sp³-hybridized carbons (Fsp3) is 0.571. The molecule has 1 aromatic rings. The second-order valence-corrected chi connectivity index (χ2v) is 24.4. The van der Waals surface area contributed by atoms with Crippen molar-refractivity contribution >= 4 is 55.4 Å². The van der Waals surface area contributed by atoms with Crippen molar-refractivity contribution in [1.82, 2.24) is 0 Å². The summed E-state index contributed by atoms with van der Waals surface area (Å²) in [5.41, 5.74) is 6.54. The minimum atomic E-state index is -2.50. The summed E-state index contributed by atoms with van der Waals surface area (Å²) >= 11 is 0. The summed E-state index contributed by atoms with van der Waals surface area (Å²) in [6, 6.07) is 7.80. The minimum absolute atomic E-state index is 0.617. The highest BCUT2D eigenvalue weighted by molar-refractivity contribution is 6.92. The van der Waals surface area contributed by atoms with E-state index >= 15 is 0 Å². The van der Waals surface area contributed by atoms with Crippen LogP contribution in [0.3, 0.4) is 0 Å². The molecule has 2 N–H and O–H groups in total. The van der Waals surface area contributed by atoms with Gasteiger partial charge in [-0.15, -0.1) is 0 Å². The lowest BCUT2D eigenvalue weighted by Gasteiger charge is -2.40. The van der Waals surface area contributed by atoms with Gasteiger partial charge in [0.1, 0.15) is 10.5 Å². The van der Waals surface area contributed by atoms with Gasteiger partial charge in [0.2, 0.25) is 0 Å². The van der Waals surface area contributed by atoms with Crippen LogP contribution in [0.15, 0.2) is 24.3 Å². The molecule has 1 rings (SSSR count). The van der Waals surface area contributed by atoms with Gasteiger partial charge in [-0.1, -0.05) is 12.1 Å². The Bertz CT molecular complexity index is 547. The summed E-state index contributed by atoms with van der Waals surface area (Å²) in [6.07, 6.45) is 0. The molecule has 0 spiro atoms. The smallest absolute Gasteiger partial charge is 0.349 e. The molecule has 5 nitrogen and oxygen atoms in total. The molecule has 0 radical (unpaired) electrons. The monoisotopic (exact) mass is 419 g/mol. The van der Waals surface area contributed by atoms with Crippen molar-refractivity contribution in [3.63, 3.8) is 0 Å². The lowest BCUT2D eigenvalue weighted by molar-refractivity contribution is 0.308. The number of benzene rings is 1. The molecule has 0 amide bonds. The Balaban J connectivity index is 2.95. The van der Waals surface area contributed by atoms with Crippen molar-refractivity contribution in [3.8, 4) is 0 Å². The van der Waals surface area contributed by atoms with E-state index in [0.29, 0.717) is 10.5 Å². The van der Waals surface area contributed by atoms with Gasteiger partial charge in [-0.2, -0.15) is 0 Å². The zero-order valence-electron chi connectivity index (χ0n) is 16.5. The van der Waals surface area contributed by atoms with Crippen molar-refractivity contribution in [2.45, 2.75) is 52.4 Å². The third-order valence-electron chi connectivity index (χ3n) is 3.31. The highest BCUT2D eigenvalue weighted by Gasteiger charge is 2.45. The molecule has 138 valence electrons. The molecule has 0 saturated carbocycles. The van der Waals surface area contributed by atoms with Crippen LogP contribution in [0.2, 0.25) is 52.4 Å². The van der Waals surface area contributed by atoms with E-state index in [4.69, 9.17) is 22.2 Å². The van der Waals surface area contributed by atoms with Crippen molar-refractivity contribution < 1.29 is 16.5 Å². The molecule has 0 aliphatic rings. The number of hydrogen-bond donors (Lipinski definition) is 1. The Morgan fingerprint density at radius 2 is 1.21 bits per heavy atom. The fourth-order valence-corrected chi connectivity index (χ4v) is 21.6. The van der Waals surface area contributed by atoms with Gasteiger partial charge >= 0.3 is 25.7 Å². The largest absolute Gasteiger partial charge is 0.442 e. The average Bonchev–Trinajstić information content (AvgIpc) is 2.34. The first-order valence-electron chi connectivity index (χ1n) is 8.20. The van der Waals surface area contributed by atoms with Gasteiger partial charge in [-0.25, -0.2) is 0 Å². The van der Waals surface area contributed by atoms with Crippen molar-refractivity contribution in [2.24, 2.45) is 0 Å². The molecular formula is C14H33NO4Si5. The molecule has 1 unspecified atom stereocenters. The van der Waals surface area contributed by atoms with E-state index in [1.807, 2.05) is 24.3 Å². The zero-order valence-corrected chi connectivity index (χ0v) is 22.5. The first kappa shape index (κ1) is 22.0. The number of rotatable bonds is 8. The fourth-order valence-electron chi connectivity index (χ4n) is 2.84. The van der Waals surface area contributed by atoms with Crippen molar-refractivity contribution in [1.29, 1.82) is 0 Å². The second-order valence-electron chi connectivity index (χ2n) is 7.99. The van der Waals surface area contributed by atoms with Crippen LogP contribution in [0.5, 0.6) is 0 Å². The van der Waals surface area contributed by atoms with Gasteiger partial charge in [-0.05, 0) is 69.7 Å². The molecule has 0 aliphatic carbocycles. The summed E-state index contributed by atoms with van der Waals surface area (Å²) in [4.78, 5) is 0. The molecule has 24 heavy (non-hydrogen) atoms. The lowest BCUT2D eigenvalue weighted by Crippen LogP contribution is -2.61. The second kappa shape index (κ2) is 7.67. The van der Waals surface area contributed by atoms with E-state index in [1.165, 1.54) is 0 Å². The maximum absolute atomic E-state index is 6.55. The van der Waals surface area contributed by atoms with Gasteiger partial charge < -0.3 is 22.2 Å². The van der Waals surface area contributed by atoms with Crippen LogP contribution < -0.4 is 10.9 Å². The van der Waals surface area contributed by atoms with Gasteiger partial charge in [0.15, 0.2) is 8.32 Å². The molecule has 0 bridgehead atoms. The quantitative estimate of drug-likeness (QED) is 0.516. The van der Waals surface area contributed by atoms with Crippen molar-refractivity contribution in [2.75, 3.05) is 5.73 Å². The molecule has 1 aromatic carbocycles. The van der Waals surface area contributed by atoms with Crippen molar-refractivity contribution in [3.05, 3.63) is 24.3 Å². The summed E-state index contributed by atoms with van der Waals surface area (Å²) in [7, 11) is -8.18. The Morgan fingerprint density at radius 3 is 1.62 bits per heavy atom. The van der Waals surface area contributed by atoms with Gasteiger partial charge in [0.05, 0.1) is 0 Å². The SMILES string of the molecule is C[Si](C)(C)O[Si](C)(C)O[Si](C)(C)O[Si](C)(O[SiH3])c1ccc(N)cc1. The van der Waals surface area contributed by atoms with E-state index in [-0.39, 0.29) is 0 Å². The Hall–Kier alpha value is -0.0556. The Labute approximate surface area is 154 Å². The Morgan fingerprint density at radius 1 is 0.750 bits per heavy atom. The van der Waals surface area contributed by atoms with Crippen LogP contribution in [0.25, 0.3) is 0 Å². The normalized spacial score (nSPS) is 16.2. The van der Waals surface area contributed by atoms with Crippen LogP contribution >= 0.6 is 0 Å². The van der Waals surface area contributed by atoms with Crippen LogP contribution in [-0.4, -0.2) is 44.5 Å². The van der Waals surface area contributed by atoms with Crippen LogP contribution in [0.4, 0.5) is 5.69 Å². The first-order chi connectivity index (χ1) is 10.7. The predicted octanol–water partition coefficient (Wildman–Crippen LogP) is 2.13. The van der Waals surface area contributed by atoms with E-state index in [1.54, 1.807) is 0 Å². The van der Waals surface area contributed by atoms with Crippen LogP contribution in [-0.2, 0) is 16.5 Å². The highest BCUT2D eigenvalue weighted by Crippen LogP contribution is 2.24. The van der Waals surface area contributed by atoms with Gasteiger partial charge in [0, 0.05) is 5.69 Å². The summed E-state index contributed by atoms with van der Waals surface area (Å²) in [5, 5.41) is 1.08. The summed E-state index contributed by atoms with van der Waals surface area (Å²) in [6.45, 7) is 17.0. The summed E-state index contributed by atoms with van der Waals surface area (Å²) in [5.74, 6) is 0. The lowest BCUT2D eigenvalue weighted by atomic mass is 10.3. The first-order valence-corrected chi connectivity index (χ1v) is 20.4. The zero-order chi connectivity index (χ0) is 18.8. The van der Waals surface area contributed by atoms with Crippen LogP contribution in [0, 0.1) is 0 Å². The molecular weight excluding hydrogens is 387 g/mol. The Kier molecular flexibility index (Phi) is 7.03. The molecule has 10 heteroatoms. The average molecular weight is 420 g/mol. The maximum atomic E-state index is 6.55. The van der Waals surface area contributed by atoms with E-state index in [2.05, 4.69) is 52.4 Å².